The molecule has 0 bridgehead atoms. The first-order valence-electron chi connectivity index (χ1n) is 9.47. The zero-order valence-corrected chi connectivity index (χ0v) is 20.2. The predicted octanol–water partition coefficient (Wildman–Crippen LogP) is 5.77. The maximum absolute atomic E-state index is 12.9. The van der Waals surface area contributed by atoms with E-state index in [9.17, 15) is 8.42 Å². The Bertz CT molecular complexity index is 1170. The van der Waals surface area contributed by atoms with Crippen LogP contribution < -0.4 is 20.1 Å². The van der Waals surface area contributed by atoms with Crippen molar-refractivity contribution in [3.8, 4) is 5.75 Å². The second-order valence-corrected chi connectivity index (χ2v) is 9.63. The largest absolute Gasteiger partial charge is 0.492 e. The molecule has 0 unspecified atom stereocenters. The molecule has 0 aliphatic heterocycles. The Morgan fingerprint density at radius 1 is 0.935 bits per heavy atom. The van der Waals surface area contributed by atoms with Crippen LogP contribution in [0.4, 0.5) is 17.1 Å². The lowest BCUT2D eigenvalue weighted by molar-refractivity contribution is 0.331. The summed E-state index contributed by atoms with van der Waals surface area (Å²) in [7, 11) is -3.83. The quantitative estimate of drug-likeness (QED) is 0.344. The molecule has 0 aliphatic rings. The molecule has 0 amide bonds. The van der Waals surface area contributed by atoms with Gasteiger partial charge in [-0.05, 0) is 80.7 Å². The second-order valence-electron chi connectivity index (χ2n) is 6.65. The van der Waals surface area contributed by atoms with Crippen molar-refractivity contribution < 1.29 is 13.2 Å². The third-order valence-corrected chi connectivity index (χ3v) is 6.30. The molecule has 0 aromatic heterocycles. The summed E-state index contributed by atoms with van der Waals surface area (Å²) in [5.41, 5.74) is 3.20. The molecule has 3 rings (SSSR count). The minimum Gasteiger partial charge on any atom is -0.492 e. The normalized spacial score (nSPS) is 10.9. The number of sulfonamides is 1. The molecule has 162 valence electrons. The molecule has 6 nitrogen and oxygen atoms in total. The van der Waals surface area contributed by atoms with E-state index >= 15 is 0 Å². The van der Waals surface area contributed by atoms with Gasteiger partial charge < -0.3 is 15.4 Å². The minimum atomic E-state index is -3.83. The zero-order valence-electron chi connectivity index (χ0n) is 17.0. The maximum Gasteiger partial charge on any atom is 0.265 e. The molecule has 9 heteroatoms. The fourth-order valence-electron chi connectivity index (χ4n) is 2.73. The lowest BCUT2D eigenvalue weighted by Crippen LogP contribution is -2.19. The summed E-state index contributed by atoms with van der Waals surface area (Å²) in [6.45, 7) is 4.18. The van der Waals surface area contributed by atoms with Gasteiger partial charge in [-0.1, -0.05) is 33.6 Å². The lowest BCUT2D eigenvalue weighted by atomic mass is 10.2. The fraction of sp³-hybridized carbons (Fsp3) is 0.136. The van der Waals surface area contributed by atoms with E-state index in [0.29, 0.717) is 27.6 Å². The molecule has 0 aliphatic carbocycles. The van der Waals surface area contributed by atoms with E-state index in [4.69, 9.17) is 17.0 Å². The van der Waals surface area contributed by atoms with Crippen LogP contribution in [0.5, 0.6) is 5.75 Å². The second kappa shape index (κ2) is 10.1. The van der Waals surface area contributed by atoms with Gasteiger partial charge in [0.15, 0.2) is 5.11 Å². The van der Waals surface area contributed by atoms with Gasteiger partial charge in [-0.25, -0.2) is 8.42 Å². The molecule has 0 radical (unpaired) electrons. The van der Waals surface area contributed by atoms with Crippen molar-refractivity contribution in [2.75, 3.05) is 22.0 Å². The molecule has 0 saturated carbocycles. The highest BCUT2D eigenvalue weighted by Gasteiger charge is 2.20. The van der Waals surface area contributed by atoms with E-state index < -0.39 is 10.0 Å². The number of ether oxygens (including phenoxy) is 1. The SMILES string of the molecule is CCOc1ccc(Br)cc1S(=O)(=O)Nc1ccc(NC(=S)Nc2ccc(C)cc2)cc1. The van der Waals surface area contributed by atoms with Crippen molar-refractivity contribution in [2.24, 2.45) is 0 Å². The van der Waals surface area contributed by atoms with Crippen molar-refractivity contribution in [1.82, 2.24) is 0 Å². The highest BCUT2D eigenvalue weighted by molar-refractivity contribution is 9.10. The first kappa shape index (κ1) is 23.1. The van der Waals surface area contributed by atoms with Crippen LogP contribution in [0.2, 0.25) is 0 Å². The third-order valence-electron chi connectivity index (χ3n) is 4.20. The number of anilines is 3. The Labute approximate surface area is 196 Å². The molecule has 0 saturated heterocycles. The number of thiocarbonyl (C=S) groups is 1. The average molecular weight is 520 g/mol. The van der Waals surface area contributed by atoms with Gasteiger partial charge in [-0.15, -0.1) is 0 Å². The monoisotopic (exact) mass is 519 g/mol. The molecule has 0 fully saturated rings. The standard InChI is InChI=1S/C22H22BrN3O3S2/c1-3-29-20-13-6-16(23)14-21(20)31(27,28)26-19-11-9-18(10-12-19)25-22(30)24-17-7-4-15(2)5-8-17/h4-14,26H,3H2,1-2H3,(H2,24,25,30). The number of benzene rings is 3. The van der Waals surface area contributed by atoms with E-state index in [1.807, 2.05) is 31.2 Å². The highest BCUT2D eigenvalue weighted by atomic mass is 79.9. The van der Waals surface area contributed by atoms with Gasteiger partial charge in [-0.3, -0.25) is 4.72 Å². The van der Waals surface area contributed by atoms with Gasteiger partial charge in [0.1, 0.15) is 10.6 Å². The van der Waals surface area contributed by atoms with Crippen LogP contribution >= 0.6 is 28.1 Å². The van der Waals surface area contributed by atoms with Crippen LogP contribution in [0, 0.1) is 6.92 Å². The van der Waals surface area contributed by atoms with E-state index in [0.717, 1.165) is 11.4 Å². The molecule has 0 heterocycles. The van der Waals surface area contributed by atoms with Gasteiger partial charge in [0.2, 0.25) is 0 Å². The van der Waals surface area contributed by atoms with E-state index in [1.54, 1.807) is 43.3 Å². The summed E-state index contributed by atoms with van der Waals surface area (Å²) in [6, 6.07) is 19.5. The molecule has 31 heavy (non-hydrogen) atoms. The van der Waals surface area contributed by atoms with Crippen molar-refractivity contribution in [3.63, 3.8) is 0 Å². The van der Waals surface area contributed by atoms with Crippen LogP contribution in [0.1, 0.15) is 12.5 Å². The van der Waals surface area contributed by atoms with Crippen LogP contribution in [0.15, 0.2) is 76.1 Å². The van der Waals surface area contributed by atoms with Crippen molar-refractivity contribution in [2.45, 2.75) is 18.7 Å². The van der Waals surface area contributed by atoms with Crippen LogP contribution in [0.3, 0.4) is 0 Å². The Kier molecular flexibility index (Phi) is 7.53. The molecule has 0 atom stereocenters. The van der Waals surface area contributed by atoms with Crippen molar-refractivity contribution >= 4 is 60.3 Å². The number of rotatable bonds is 7. The fourth-order valence-corrected chi connectivity index (χ4v) is 4.71. The van der Waals surface area contributed by atoms with Crippen LogP contribution in [-0.2, 0) is 10.0 Å². The third kappa shape index (κ3) is 6.43. The number of halogens is 1. The van der Waals surface area contributed by atoms with Crippen LogP contribution in [0.25, 0.3) is 0 Å². The predicted molar refractivity (Wildman–Crippen MR) is 134 cm³/mol. The van der Waals surface area contributed by atoms with Gasteiger partial charge in [0, 0.05) is 21.5 Å². The lowest BCUT2D eigenvalue weighted by Gasteiger charge is -2.14. The minimum absolute atomic E-state index is 0.0643. The summed E-state index contributed by atoms with van der Waals surface area (Å²) in [5.74, 6) is 0.295. The number of hydrogen-bond donors (Lipinski definition) is 3. The number of hydrogen-bond acceptors (Lipinski definition) is 4. The summed E-state index contributed by atoms with van der Waals surface area (Å²) in [5, 5.41) is 6.62. The Morgan fingerprint density at radius 3 is 2.06 bits per heavy atom. The first-order valence-corrected chi connectivity index (χ1v) is 12.1. The van der Waals surface area contributed by atoms with Gasteiger partial charge in [0.25, 0.3) is 10.0 Å². The first-order chi connectivity index (χ1) is 14.8. The highest BCUT2D eigenvalue weighted by Crippen LogP contribution is 2.29. The topological polar surface area (TPSA) is 79.5 Å². The number of nitrogens with one attached hydrogen (secondary N) is 3. The smallest absolute Gasteiger partial charge is 0.265 e. The Hall–Kier alpha value is -2.62. The van der Waals surface area contributed by atoms with E-state index in [2.05, 4.69) is 31.3 Å². The van der Waals surface area contributed by atoms with E-state index in [-0.39, 0.29) is 4.90 Å². The van der Waals surface area contributed by atoms with Crippen LogP contribution in [-0.4, -0.2) is 20.1 Å². The van der Waals surface area contributed by atoms with Gasteiger partial charge in [-0.2, -0.15) is 0 Å². The summed E-state index contributed by atoms with van der Waals surface area (Å²) < 4.78 is 34.5. The summed E-state index contributed by atoms with van der Waals surface area (Å²) in [6.07, 6.45) is 0. The summed E-state index contributed by atoms with van der Waals surface area (Å²) >= 11 is 8.65. The zero-order chi connectivity index (χ0) is 22.4. The maximum atomic E-state index is 12.9. The van der Waals surface area contributed by atoms with Gasteiger partial charge in [0.05, 0.1) is 6.61 Å². The molecular weight excluding hydrogens is 498 g/mol. The van der Waals surface area contributed by atoms with Crippen molar-refractivity contribution in [3.05, 3.63) is 76.8 Å². The Balaban J connectivity index is 1.68. The molecule has 0 spiro atoms. The molecule has 3 aromatic carbocycles. The Morgan fingerprint density at radius 2 is 1.48 bits per heavy atom. The molecule has 3 N–H and O–H groups in total. The average Bonchev–Trinajstić information content (AvgIpc) is 2.72. The molecule has 3 aromatic rings. The number of aryl methyl sites for hydroxylation is 1. The van der Waals surface area contributed by atoms with Gasteiger partial charge >= 0.3 is 0 Å². The van der Waals surface area contributed by atoms with E-state index in [1.165, 1.54) is 11.6 Å². The molecular formula is C22H22BrN3O3S2. The van der Waals surface area contributed by atoms with Crippen molar-refractivity contribution in [1.29, 1.82) is 0 Å². The summed E-state index contributed by atoms with van der Waals surface area (Å²) in [4.78, 5) is 0.0643.